The van der Waals surface area contributed by atoms with Crippen molar-refractivity contribution in [2.24, 2.45) is 0 Å². The molecule has 1 rings (SSSR count). The van der Waals surface area contributed by atoms with Gasteiger partial charge in [-0.3, -0.25) is 0 Å². The van der Waals surface area contributed by atoms with Crippen molar-refractivity contribution in [2.75, 3.05) is 0 Å². The van der Waals surface area contributed by atoms with Crippen molar-refractivity contribution < 1.29 is 0 Å². The van der Waals surface area contributed by atoms with Crippen LogP contribution in [0.15, 0.2) is 30.3 Å². The summed E-state index contributed by atoms with van der Waals surface area (Å²) in [6.07, 6.45) is 4.09. The monoisotopic (exact) mass is 166 g/mol. The summed E-state index contributed by atoms with van der Waals surface area (Å²) < 4.78 is 0. The lowest BCUT2D eigenvalue weighted by Crippen LogP contribution is -1.76. The maximum absolute atomic E-state index is 5.64. The lowest BCUT2D eigenvalue weighted by molar-refractivity contribution is 1.40. The van der Waals surface area contributed by atoms with E-state index in [9.17, 15) is 0 Å². The minimum absolute atomic E-state index is 0.593. The molecule has 0 aliphatic carbocycles. The molecule has 0 saturated heterocycles. The summed E-state index contributed by atoms with van der Waals surface area (Å²) in [5.74, 6) is 0.593. The van der Waals surface area contributed by atoms with Gasteiger partial charge < -0.3 is 0 Å². The third kappa shape index (κ3) is 2.39. The standard InChI is InChI=1S/C10H11Cl/c1-2-3-9-4-6-10(8-11)7-5-9/h2-7H,8H2,1H3/b3-2+. The van der Waals surface area contributed by atoms with Gasteiger partial charge in [0.2, 0.25) is 0 Å². The van der Waals surface area contributed by atoms with E-state index in [0.717, 1.165) is 0 Å². The second-order valence-corrected chi connectivity index (χ2v) is 2.64. The molecular weight excluding hydrogens is 156 g/mol. The Morgan fingerprint density at radius 3 is 2.36 bits per heavy atom. The highest BCUT2D eigenvalue weighted by molar-refractivity contribution is 6.17. The summed E-state index contributed by atoms with van der Waals surface area (Å²) >= 11 is 5.64. The van der Waals surface area contributed by atoms with E-state index in [0.29, 0.717) is 5.88 Å². The largest absolute Gasteiger partial charge is 0.122 e. The van der Waals surface area contributed by atoms with Gasteiger partial charge in [-0.1, -0.05) is 36.4 Å². The van der Waals surface area contributed by atoms with Gasteiger partial charge in [0.15, 0.2) is 0 Å². The Morgan fingerprint density at radius 2 is 1.91 bits per heavy atom. The Kier molecular flexibility index (Phi) is 3.18. The van der Waals surface area contributed by atoms with Gasteiger partial charge in [0.05, 0.1) is 0 Å². The molecule has 0 aliphatic rings. The SMILES string of the molecule is C/C=C/c1ccc(CCl)cc1. The second kappa shape index (κ2) is 4.20. The molecule has 11 heavy (non-hydrogen) atoms. The van der Waals surface area contributed by atoms with Crippen LogP contribution in [0.4, 0.5) is 0 Å². The van der Waals surface area contributed by atoms with Crippen molar-refractivity contribution in [2.45, 2.75) is 12.8 Å². The Bertz CT molecular complexity index is 234. The number of hydrogen-bond donors (Lipinski definition) is 0. The number of hydrogen-bond acceptors (Lipinski definition) is 0. The molecule has 0 N–H and O–H groups in total. The molecule has 0 atom stereocenters. The molecule has 0 heterocycles. The van der Waals surface area contributed by atoms with Gasteiger partial charge in [0.25, 0.3) is 0 Å². The van der Waals surface area contributed by atoms with Crippen LogP contribution in [-0.4, -0.2) is 0 Å². The molecule has 0 unspecified atom stereocenters. The fourth-order valence-corrected chi connectivity index (χ4v) is 1.09. The zero-order chi connectivity index (χ0) is 8.10. The Morgan fingerprint density at radius 1 is 1.27 bits per heavy atom. The summed E-state index contributed by atoms with van der Waals surface area (Å²) in [7, 11) is 0. The van der Waals surface area contributed by atoms with Crippen molar-refractivity contribution in [1.29, 1.82) is 0 Å². The number of allylic oxidation sites excluding steroid dienone is 1. The lowest BCUT2D eigenvalue weighted by atomic mass is 10.1. The molecule has 0 nitrogen and oxygen atoms in total. The third-order valence-corrected chi connectivity index (χ3v) is 1.80. The van der Waals surface area contributed by atoms with Gasteiger partial charge in [-0.25, -0.2) is 0 Å². The van der Waals surface area contributed by atoms with Crippen LogP contribution in [0.1, 0.15) is 18.1 Å². The molecular formula is C10H11Cl. The first-order chi connectivity index (χ1) is 5.36. The highest BCUT2D eigenvalue weighted by Crippen LogP contribution is 2.07. The van der Waals surface area contributed by atoms with Crippen LogP contribution in [-0.2, 0) is 5.88 Å². The number of halogens is 1. The third-order valence-electron chi connectivity index (χ3n) is 1.49. The molecule has 1 aromatic carbocycles. The van der Waals surface area contributed by atoms with E-state index in [1.807, 2.05) is 25.1 Å². The molecule has 0 saturated carbocycles. The van der Waals surface area contributed by atoms with Crippen molar-refractivity contribution in [1.82, 2.24) is 0 Å². The fourth-order valence-electron chi connectivity index (χ4n) is 0.910. The maximum Gasteiger partial charge on any atom is 0.0474 e. The van der Waals surface area contributed by atoms with E-state index < -0.39 is 0 Å². The molecule has 0 fully saturated rings. The smallest absolute Gasteiger partial charge is 0.0474 e. The van der Waals surface area contributed by atoms with Crippen LogP contribution < -0.4 is 0 Å². The van der Waals surface area contributed by atoms with Crippen molar-refractivity contribution in [3.05, 3.63) is 41.5 Å². The number of alkyl halides is 1. The zero-order valence-corrected chi connectivity index (χ0v) is 7.31. The molecule has 0 amide bonds. The molecule has 0 bridgehead atoms. The Balaban J connectivity index is 2.82. The first kappa shape index (κ1) is 8.35. The van der Waals surface area contributed by atoms with E-state index in [2.05, 4.69) is 18.2 Å². The average molecular weight is 167 g/mol. The van der Waals surface area contributed by atoms with Crippen LogP contribution in [0.25, 0.3) is 6.08 Å². The van der Waals surface area contributed by atoms with Gasteiger partial charge in [0.1, 0.15) is 0 Å². The predicted octanol–water partition coefficient (Wildman–Crippen LogP) is 3.46. The lowest BCUT2D eigenvalue weighted by Gasteiger charge is -1.95. The number of rotatable bonds is 2. The van der Waals surface area contributed by atoms with Crippen molar-refractivity contribution in [3.8, 4) is 0 Å². The van der Waals surface area contributed by atoms with Gasteiger partial charge >= 0.3 is 0 Å². The molecule has 0 aromatic heterocycles. The van der Waals surface area contributed by atoms with E-state index in [1.54, 1.807) is 0 Å². The fraction of sp³-hybridized carbons (Fsp3) is 0.200. The Labute approximate surface area is 72.5 Å². The van der Waals surface area contributed by atoms with Crippen LogP contribution in [0.3, 0.4) is 0 Å². The van der Waals surface area contributed by atoms with E-state index in [-0.39, 0.29) is 0 Å². The summed E-state index contributed by atoms with van der Waals surface area (Å²) in [6, 6.07) is 8.22. The molecule has 1 heteroatoms. The Hall–Kier alpha value is -0.750. The molecule has 0 spiro atoms. The predicted molar refractivity (Wildman–Crippen MR) is 50.7 cm³/mol. The molecule has 0 aliphatic heterocycles. The second-order valence-electron chi connectivity index (χ2n) is 2.38. The summed E-state index contributed by atoms with van der Waals surface area (Å²) in [5.41, 5.74) is 2.39. The highest BCUT2D eigenvalue weighted by atomic mass is 35.5. The van der Waals surface area contributed by atoms with E-state index in [4.69, 9.17) is 11.6 Å². The first-order valence-corrected chi connectivity index (χ1v) is 4.18. The van der Waals surface area contributed by atoms with Gasteiger partial charge in [0, 0.05) is 5.88 Å². The molecule has 0 radical (unpaired) electrons. The summed E-state index contributed by atoms with van der Waals surface area (Å²) in [6.45, 7) is 2.01. The quantitative estimate of drug-likeness (QED) is 0.591. The van der Waals surface area contributed by atoms with Crippen LogP contribution >= 0.6 is 11.6 Å². The van der Waals surface area contributed by atoms with Crippen LogP contribution in [0.2, 0.25) is 0 Å². The summed E-state index contributed by atoms with van der Waals surface area (Å²) in [4.78, 5) is 0. The summed E-state index contributed by atoms with van der Waals surface area (Å²) in [5, 5.41) is 0. The van der Waals surface area contributed by atoms with E-state index >= 15 is 0 Å². The van der Waals surface area contributed by atoms with Gasteiger partial charge in [-0.05, 0) is 18.1 Å². The van der Waals surface area contributed by atoms with Crippen LogP contribution in [0, 0.1) is 0 Å². The minimum atomic E-state index is 0.593. The first-order valence-electron chi connectivity index (χ1n) is 3.64. The van der Waals surface area contributed by atoms with Crippen molar-refractivity contribution in [3.63, 3.8) is 0 Å². The zero-order valence-electron chi connectivity index (χ0n) is 6.55. The normalized spacial score (nSPS) is 10.7. The molecule has 58 valence electrons. The average Bonchev–Trinajstić information content (AvgIpc) is 2.07. The van der Waals surface area contributed by atoms with Crippen molar-refractivity contribution >= 4 is 17.7 Å². The minimum Gasteiger partial charge on any atom is -0.122 e. The van der Waals surface area contributed by atoms with Gasteiger partial charge in [-0.15, -0.1) is 11.6 Å². The maximum atomic E-state index is 5.64. The van der Waals surface area contributed by atoms with E-state index in [1.165, 1.54) is 11.1 Å². The van der Waals surface area contributed by atoms with Gasteiger partial charge in [-0.2, -0.15) is 0 Å². The highest BCUT2D eigenvalue weighted by Gasteiger charge is 1.88. The number of benzene rings is 1. The topological polar surface area (TPSA) is 0 Å². The van der Waals surface area contributed by atoms with Crippen LogP contribution in [0.5, 0.6) is 0 Å². The molecule has 1 aromatic rings.